The number of carbonyl (C=O) groups is 2. The van der Waals surface area contributed by atoms with Gasteiger partial charge in [-0.25, -0.2) is 4.98 Å². The Morgan fingerprint density at radius 2 is 2.00 bits per heavy atom. The van der Waals surface area contributed by atoms with Crippen LogP contribution in [-0.2, 0) is 0 Å². The SMILES string of the molecule is CC(=O)c1nc[nH]c1C(C)=O. The van der Waals surface area contributed by atoms with Crippen LogP contribution in [-0.4, -0.2) is 21.5 Å². The summed E-state index contributed by atoms with van der Waals surface area (Å²) in [5, 5.41) is 0. The van der Waals surface area contributed by atoms with Gasteiger partial charge in [0, 0.05) is 13.8 Å². The normalized spacial score (nSPS) is 9.64. The van der Waals surface area contributed by atoms with Crippen LogP contribution in [0.3, 0.4) is 0 Å². The maximum absolute atomic E-state index is 10.8. The number of hydrogen-bond acceptors (Lipinski definition) is 3. The number of ketones is 2. The molecule has 4 heteroatoms. The summed E-state index contributed by atoms with van der Waals surface area (Å²) in [7, 11) is 0. The van der Waals surface area contributed by atoms with Gasteiger partial charge in [0.05, 0.1) is 6.33 Å². The minimum Gasteiger partial charge on any atom is -0.342 e. The molecule has 1 aromatic heterocycles. The lowest BCUT2D eigenvalue weighted by atomic mass is 10.2. The van der Waals surface area contributed by atoms with E-state index >= 15 is 0 Å². The molecule has 0 aliphatic rings. The quantitative estimate of drug-likeness (QED) is 0.638. The molecule has 58 valence electrons. The Morgan fingerprint density at radius 3 is 2.36 bits per heavy atom. The number of nitrogens with one attached hydrogen (secondary N) is 1. The van der Waals surface area contributed by atoms with Gasteiger partial charge in [-0.05, 0) is 0 Å². The van der Waals surface area contributed by atoms with E-state index in [4.69, 9.17) is 0 Å². The van der Waals surface area contributed by atoms with Gasteiger partial charge in [0.15, 0.2) is 11.6 Å². The van der Waals surface area contributed by atoms with Gasteiger partial charge < -0.3 is 4.98 Å². The number of aromatic amines is 1. The molecule has 0 aromatic carbocycles. The highest BCUT2D eigenvalue weighted by Crippen LogP contribution is 2.03. The van der Waals surface area contributed by atoms with Crippen LogP contribution in [0, 0.1) is 0 Å². The van der Waals surface area contributed by atoms with Crippen molar-refractivity contribution in [3.05, 3.63) is 17.7 Å². The number of hydrogen-bond donors (Lipinski definition) is 1. The molecule has 11 heavy (non-hydrogen) atoms. The number of rotatable bonds is 2. The first-order chi connectivity index (χ1) is 5.13. The lowest BCUT2D eigenvalue weighted by Gasteiger charge is -1.90. The van der Waals surface area contributed by atoms with Gasteiger partial charge in [-0.3, -0.25) is 9.59 Å². The van der Waals surface area contributed by atoms with Gasteiger partial charge in [-0.2, -0.15) is 0 Å². The van der Waals surface area contributed by atoms with Crippen LogP contribution >= 0.6 is 0 Å². The number of nitrogens with zero attached hydrogens (tertiary/aromatic N) is 1. The van der Waals surface area contributed by atoms with Gasteiger partial charge >= 0.3 is 0 Å². The number of Topliss-reactive ketones (excluding diaryl/α,β-unsaturated/α-hetero) is 2. The molecule has 1 N–H and O–H groups in total. The topological polar surface area (TPSA) is 62.8 Å². The molecule has 4 nitrogen and oxygen atoms in total. The van der Waals surface area contributed by atoms with Crippen molar-refractivity contribution in [3.63, 3.8) is 0 Å². The van der Waals surface area contributed by atoms with Crippen molar-refractivity contribution in [1.29, 1.82) is 0 Å². The first-order valence-electron chi connectivity index (χ1n) is 3.18. The van der Waals surface area contributed by atoms with Crippen molar-refractivity contribution in [2.75, 3.05) is 0 Å². The molecule has 0 saturated carbocycles. The van der Waals surface area contributed by atoms with Crippen molar-refractivity contribution in [2.45, 2.75) is 13.8 Å². The highest BCUT2D eigenvalue weighted by molar-refractivity contribution is 6.04. The Kier molecular flexibility index (Phi) is 1.85. The highest BCUT2D eigenvalue weighted by Gasteiger charge is 2.12. The molecule has 1 aromatic rings. The predicted octanol–water partition coefficient (Wildman–Crippen LogP) is 0.815. The second kappa shape index (κ2) is 2.65. The van der Waals surface area contributed by atoms with E-state index in [0.717, 1.165) is 0 Å². The molecule has 0 unspecified atom stereocenters. The van der Waals surface area contributed by atoms with Crippen LogP contribution in [0.25, 0.3) is 0 Å². The minimum absolute atomic E-state index is 0.173. The summed E-state index contributed by atoms with van der Waals surface area (Å²) in [4.78, 5) is 27.9. The third-order valence-corrected chi connectivity index (χ3v) is 1.32. The smallest absolute Gasteiger partial charge is 0.180 e. The van der Waals surface area contributed by atoms with E-state index in [2.05, 4.69) is 9.97 Å². The second-order valence-electron chi connectivity index (χ2n) is 2.24. The highest BCUT2D eigenvalue weighted by atomic mass is 16.1. The van der Waals surface area contributed by atoms with Crippen LogP contribution in [0.4, 0.5) is 0 Å². The van der Waals surface area contributed by atoms with E-state index < -0.39 is 0 Å². The van der Waals surface area contributed by atoms with Crippen molar-refractivity contribution in [3.8, 4) is 0 Å². The molecule has 0 bridgehead atoms. The molecule has 0 saturated heterocycles. The molecular weight excluding hydrogens is 144 g/mol. The van der Waals surface area contributed by atoms with Gasteiger partial charge in [-0.15, -0.1) is 0 Å². The van der Waals surface area contributed by atoms with Gasteiger partial charge in [-0.1, -0.05) is 0 Å². The molecular formula is C7H8N2O2. The van der Waals surface area contributed by atoms with E-state index in [-0.39, 0.29) is 23.0 Å². The van der Waals surface area contributed by atoms with E-state index in [1.807, 2.05) is 0 Å². The van der Waals surface area contributed by atoms with Crippen molar-refractivity contribution in [2.24, 2.45) is 0 Å². The molecule has 0 aliphatic carbocycles. The van der Waals surface area contributed by atoms with E-state index in [0.29, 0.717) is 0 Å². The lowest BCUT2D eigenvalue weighted by molar-refractivity contribution is 0.0976. The van der Waals surface area contributed by atoms with E-state index in [1.165, 1.54) is 20.2 Å². The maximum atomic E-state index is 10.8. The summed E-state index contributed by atoms with van der Waals surface area (Å²) in [6, 6.07) is 0. The summed E-state index contributed by atoms with van der Waals surface area (Å²) in [6.07, 6.45) is 1.34. The Morgan fingerprint density at radius 1 is 1.36 bits per heavy atom. The molecule has 0 atom stereocenters. The number of carbonyl (C=O) groups excluding carboxylic acids is 2. The third kappa shape index (κ3) is 1.34. The fourth-order valence-corrected chi connectivity index (χ4v) is 0.830. The Balaban J connectivity index is 3.16. The molecule has 0 aliphatic heterocycles. The van der Waals surface area contributed by atoms with Crippen molar-refractivity contribution < 1.29 is 9.59 Å². The first-order valence-corrected chi connectivity index (χ1v) is 3.18. The summed E-state index contributed by atoms with van der Waals surface area (Å²) >= 11 is 0. The largest absolute Gasteiger partial charge is 0.342 e. The first kappa shape index (κ1) is 7.65. The van der Waals surface area contributed by atoms with E-state index in [1.54, 1.807) is 0 Å². The summed E-state index contributed by atoms with van der Waals surface area (Å²) in [5.74, 6) is -0.371. The standard InChI is InChI=1S/C7H8N2O2/c1-4(10)6-7(5(2)11)9-3-8-6/h3H,1-2H3,(H,8,9). The average molecular weight is 152 g/mol. The summed E-state index contributed by atoms with van der Waals surface area (Å²) in [5.41, 5.74) is 0.509. The summed E-state index contributed by atoms with van der Waals surface area (Å²) in [6.45, 7) is 2.77. The van der Waals surface area contributed by atoms with Crippen LogP contribution in [0.2, 0.25) is 0 Å². The van der Waals surface area contributed by atoms with Crippen LogP contribution in [0.5, 0.6) is 0 Å². The number of aromatic nitrogens is 2. The zero-order chi connectivity index (χ0) is 8.43. The molecule has 0 amide bonds. The lowest BCUT2D eigenvalue weighted by Crippen LogP contribution is -2.02. The van der Waals surface area contributed by atoms with Crippen LogP contribution < -0.4 is 0 Å². The zero-order valence-corrected chi connectivity index (χ0v) is 6.34. The maximum Gasteiger partial charge on any atom is 0.180 e. The van der Waals surface area contributed by atoms with Gasteiger partial charge in [0.2, 0.25) is 0 Å². The Bertz CT molecular complexity index is 273. The van der Waals surface area contributed by atoms with Crippen LogP contribution in [0.15, 0.2) is 6.33 Å². The number of imidazole rings is 1. The third-order valence-electron chi connectivity index (χ3n) is 1.32. The minimum atomic E-state index is -0.198. The van der Waals surface area contributed by atoms with Gasteiger partial charge in [0.1, 0.15) is 11.4 Å². The molecule has 0 fully saturated rings. The molecule has 0 radical (unpaired) electrons. The Labute approximate surface area is 63.6 Å². The summed E-state index contributed by atoms with van der Waals surface area (Å²) < 4.78 is 0. The predicted molar refractivity (Wildman–Crippen MR) is 38.6 cm³/mol. The molecule has 1 heterocycles. The number of H-pyrrole nitrogens is 1. The Hall–Kier alpha value is -1.45. The molecule has 1 rings (SSSR count). The zero-order valence-electron chi connectivity index (χ0n) is 6.34. The average Bonchev–Trinajstić information content (AvgIpc) is 2.32. The monoisotopic (exact) mass is 152 g/mol. The fraction of sp³-hybridized carbons (Fsp3) is 0.286. The van der Waals surface area contributed by atoms with Crippen LogP contribution in [0.1, 0.15) is 34.8 Å². The van der Waals surface area contributed by atoms with Crippen molar-refractivity contribution in [1.82, 2.24) is 9.97 Å². The second-order valence-corrected chi connectivity index (χ2v) is 2.24. The van der Waals surface area contributed by atoms with E-state index in [9.17, 15) is 9.59 Å². The fourth-order valence-electron chi connectivity index (χ4n) is 0.830. The van der Waals surface area contributed by atoms with Crippen molar-refractivity contribution >= 4 is 11.6 Å². The van der Waals surface area contributed by atoms with Gasteiger partial charge in [0.25, 0.3) is 0 Å². The molecule has 0 spiro atoms.